The van der Waals surface area contributed by atoms with Crippen molar-refractivity contribution in [3.63, 3.8) is 0 Å². The number of hydrogen-bond donors (Lipinski definition) is 1. The Balaban J connectivity index is 1.56. The molecule has 0 unspecified atom stereocenters. The molecule has 168 valence electrons. The first-order chi connectivity index (χ1) is 15.9. The molecule has 33 heavy (non-hydrogen) atoms. The number of aromatic nitrogens is 2. The molecular weight excluding hydrogens is 436 g/mol. The summed E-state index contributed by atoms with van der Waals surface area (Å²) in [6.45, 7) is 0.271. The Hall–Kier alpha value is -3.75. The molecular formula is C25H24N4O3S. The summed E-state index contributed by atoms with van der Waals surface area (Å²) in [6, 6.07) is 25.5. The van der Waals surface area contributed by atoms with Gasteiger partial charge in [0.25, 0.3) is 5.91 Å². The van der Waals surface area contributed by atoms with Gasteiger partial charge in [0.1, 0.15) is 0 Å². The molecule has 1 amide bonds. The molecule has 1 N–H and O–H groups in total. The van der Waals surface area contributed by atoms with E-state index >= 15 is 0 Å². The molecule has 0 bridgehead atoms. The van der Waals surface area contributed by atoms with Crippen molar-refractivity contribution >= 4 is 15.9 Å². The van der Waals surface area contributed by atoms with E-state index in [2.05, 4.69) is 5.32 Å². The number of rotatable bonds is 7. The molecule has 0 aliphatic rings. The lowest BCUT2D eigenvalue weighted by Crippen LogP contribution is -2.24. The zero-order chi connectivity index (χ0) is 23.4. The van der Waals surface area contributed by atoms with Crippen molar-refractivity contribution in [3.8, 4) is 16.9 Å². The molecule has 0 saturated heterocycles. The third kappa shape index (κ3) is 4.87. The lowest BCUT2D eigenvalue weighted by atomic mass is 10.1. The van der Waals surface area contributed by atoms with E-state index in [9.17, 15) is 13.2 Å². The third-order valence-corrected chi connectivity index (χ3v) is 7.02. The van der Waals surface area contributed by atoms with Crippen LogP contribution in [0.5, 0.6) is 0 Å². The summed E-state index contributed by atoms with van der Waals surface area (Å²) in [5, 5.41) is 7.67. The van der Waals surface area contributed by atoms with Gasteiger partial charge < -0.3 is 5.32 Å². The van der Waals surface area contributed by atoms with Crippen molar-refractivity contribution in [3.05, 3.63) is 102 Å². The second-order valence-electron chi connectivity index (χ2n) is 7.64. The third-order valence-electron chi connectivity index (χ3n) is 5.19. The number of nitrogens with zero attached hydrogens (tertiary/aromatic N) is 3. The van der Waals surface area contributed by atoms with Gasteiger partial charge in [-0.1, -0.05) is 48.5 Å². The van der Waals surface area contributed by atoms with Crippen molar-refractivity contribution in [1.29, 1.82) is 0 Å². The van der Waals surface area contributed by atoms with Crippen LogP contribution in [-0.2, 0) is 16.6 Å². The summed E-state index contributed by atoms with van der Waals surface area (Å²) >= 11 is 0. The fourth-order valence-corrected chi connectivity index (χ4v) is 4.26. The number of sulfonamides is 1. The van der Waals surface area contributed by atoms with Crippen LogP contribution in [-0.4, -0.2) is 42.5 Å². The largest absolute Gasteiger partial charge is 0.348 e. The zero-order valence-corrected chi connectivity index (χ0v) is 19.2. The minimum Gasteiger partial charge on any atom is -0.348 e. The molecule has 0 fully saturated rings. The topological polar surface area (TPSA) is 84.3 Å². The molecule has 4 aromatic rings. The molecule has 0 spiro atoms. The maximum Gasteiger partial charge on any atom is 0.251 e. The van der Waals surface area contributed by atoms with Gasteiger partial charge in [-0.05, 0) is 36.4 Å². The first kappa shape index (κ1) is 22.4. The van der Waals surface area contributed by atoms with Crippen LogP contribution >= 0.6 is 0 Å². The van der Waals surface area contributed by atoms with Gasteiger partial charge >= 0.3 is 0 Å². The second kappa shape index (κ2) is 9.40. The number of carbonyl (C=O) groups excluding carboxylic acids is 1. The molecule has 0 atom stereocenters. The molecule has 0 aliphatic carbocycles. The Bertz CT molecular complexity index is 1350. The fraction of sp³-hybridized carbons (Fsp3) is 0.120. The summed E-state index contributed by atoms with van der Waals surface area (Å²) in [7, 11) is -0.608. The van der Waals surface area contributed by atoms with Crippen LogP contribution in [0.4, 0.5) is 0 Å². The fourth-order valence-electron chi connectivity index (χ4n) is 3.36. The van der Waals surface area contributed by atoms with Gasteiger partial charge in [0.05, 0.1) is 16.3 Å². The van der Waals surface area contributed by atoms with Crippen LogP contribution in [0, 0.1) is 0 Å². The normalized spacial score (nSPS) is 11.5. The standard InChI is InChI=1S/C25H24N4O3S/c1-28(2)33(31,32)23-15-13-20(14-16-23)25(30)26-17-21-18-29(22-11-7-4-8-12-22)27-24(21)19-9-5-3-6-10-19/h3-16,18H,17H2,1-2H3,(H,26,30). The van der Waals surface area contributed by atoms with Gasteiger partial charge in [0.15, 0.2) is 0 Å². The zero-order valence-electron chi connectivity index (χ0n) is 18.3. The van der Waals surface area contributed by atoms with Crippen molar-refractivity contribution in [2.75, 3.05) is 14.1 Å². The van der Waals surface area contributed by atoms with Gasteiger partial charge in [0, 0.05) is 43.5 Å². The van der Waals surface area contributed by atoms with Crippen molar-refractivity contribution in [2.45, 2.75) is 11.4 Å². The predicted molar refractivity (Wildman–Crippen MR) is 127 cm³/mol. The predicted octanol–water partition coefficient (Wildman–Crippen LogP) is 3.72. The highest BCUT2D eigenvalue weighted by molar-refractivity contribution is 7.89. The van der Waals surface area contributed by atoms with Gasteiger partial charge in [-0.2, -0.15) is 5.10 Å². The molecule has 0 saturated carbocycles. The van der Waals surface area contributed by atoms with E-state index < -0.39 is 10.0 Å². The molecule has 1 aromatic heterocycles. The number of amides is 1. The van der Waals surface area contributed by atoms with E-state index in [-0.39, 0.29) is 17.3 Å². The highest BCUT2D eigenvalue weighted by Crippen LogP contribution is 2.24. The SMILES string of the molecule is CN(C)S(=O)(=O)c1ccc(C(=O)NCc2cn(-c3ccccc3)nc2-c2ccccc2)cc1. The van der Waals surface area contributed by atoms with Gasteiger partial charge in [-0.25, -0.2) is 17.4 Å². The smallest absolute Gasteiger partial charge is 0.251 e. The second-order valence-corrected chi connectivity index (χ2v) is 9.80. The van der Waals surface area contributed by atoms with Gasteiger partial charge in [-0.15, -0.1) is 0 Å². The molecule has 0 radical (unpaired) electrons. The lowest BCUT2D eigenvalue weighted by molar-refractivity contribution is 0.0951. The van der Waals surface area contributed by atoms with E-state index in [1.165, 1.54) is 38.4 Å². The lowest BCUT2D eigenvalue weighted by Gasteiger charge is -2.11. The Morgan fingerprint density at radius 2 is 1.52 bits per heavy atom. The molecule has 8 heteroatoms. The molecule has 4 rings (SSSR count). The van der Waals surface area contributed by atoms with Crippen LogP contribution in [0.15, 0.2) is 96.0 Å². The minimum atomic E-state index is -3.54. The molecule has 0 aliphatic heterocycles. The Morgan fingerprint density at radius 1 is 0.909 bits per heavy atom. The van der Waals surface area contributed by atoms with Crippen molar-refractivity contribution < 1.29 is 13.2 Å². The Morgan fingerprint density at radius 3 is 2.12 bits per heavy atom. The van der Waals surface area contributed by atoms with E-state index in [1.54, 1.807) is 4.68 Å². The summed E-state index contributed by atoms with van der Waals surface area (Å²) in [4.78, 5) is 12.9. The van der Waals surface area contributed by atoms with E-state index in [0.29, 0.717) is 5.56 Å². The summed E-state index contributed by atoms with van der Waals surface area (Å²) in [5.41, 5.74) is 3.90. The highest BCUT2D eigenvalue weighted by atomic mass is 32.2. The first-order valence-electron chi connectivity index (χ1n) is 10.4. The average molecular weight is 461 g/mol. The molecule has 3 aromatic carbocycles. The van der Waals surface area contributed by atoms with E-state index in [1.807, 2.05) is 66.9 Å². The van der Waals surface area contributed by atoms with Crippen molar-refractivity contribution in [2.24, 2.45) is 0 Å². The summed E-state index contributed by atoms with van der Waals surface area (Å²) < 4.78 is 27.4. The maximum atomic E-state index is 12.7. The number of benzene rings is 3. The quantitative estimate of drug-likeness (QED) is 0.456. The number of carbonyl (C=O) groups is 1. The number of para-hydroxylation sites is 1. The number of nitrogens with one attached hydrogen (secondary N) is 1. The Kier molecular flexibility index (Phi) is 6.39. The van der Waals surface area contributed by atoms with Crippen LogP contribution < -0.4 is 5.32 Å². The van der Waals surface area contributed by atoms with Crippen LogP contribution in [0.2, 0.25) is 0 Å². The van der Waals surface area contributed by atoms with Gasteiger partial charge in [0.2, 0.25) is 10.0 Å². The first-order valence-corrected chi connectivity index (χ1v) is 11.8. The minimum absolute atomic E-state index is 0.138. The van der Waals surface area contributed by atoms with Crippen molar-refractivity contribution in [1.82, 2.24) is 19.4 Å². The van der Waals surface area contributed by atoms with Crippen LogP contribution in [0.3, 0.4) is 0 Å². The van der Waals surface area contributed by atoms with Crippen LogP contribution in [0.1, 0.15) is 15.9 Å². The summed E-state index contributed by atoms with van der Waals surface area (Å²) in [5.74, 6) is -0.296. The Labute approximate surface area is 193 Å². The van der Waals surface area contributed by atoms with Crippen LogP contribution in [0.25, 0.3) is 16.9 Å². The summed E-state index contributed by atoms with van der Waals surface area (Å²) in [6.07, 6.45) is 1.91. The van der Waals surface area contributed by atoms with E-state index in [0.717, 1.165) is 26.8 Å². The average Bonchev–Trinajstić information content (AvgIpc) is 3.28. The van der Waals surface area contributed by atoms with Gasteiger partial charge in [-0.3, -0.25) is 4.79 Å². The molecule has 7 nitrogen and oxygen atoms in total. The van der Waals surface area contributed by atoms with E-state index in [4.69, 9.17) is 5.10 Å². The monoisotopic (exact) mass is 460 g/mol. The number of hydrogen-bond acceptors (Lipinski definition) is 4. The molecule has 1 heterocycles. The maximum absolute atomic E-state index is 12.7. The highest BCUT2D eigenvalue weighted by Gasteiger charge is 2.18.